The van der Waals surface area contributed by atoms with Crippen LogP contribution in [0.15, 0.2) is 0 Å². The predicted molar refractivity (Wildman–Crippen MR) is 83.2 cm³/mol. The summed E-state index contributed by atoms with van der Waals surface area (Å²) >= 11 is 0. The minimum Gasteiger partial charge on any atom is -0.329 e. The van der Waals surface area contributed by atoms with Gasteiger partial charge in [-0.1, -0.05) is 20.3 Å². The molecular formula is C17H34N2. The van der Waals surface area contributed by atoms with Crippen molar-refractivity contribution in [3.63, 3.8) is 0 Å². The highest BCUT2D eigenvalue weighted by molar-refractivity contribution is 4.97. The van der Waals surface area contributed by atoms with E-state index in [0.29, 0.717) is 5.54 Å². The van der Waals surface area contributed by atoms with Crippen LogP contribution in [0.3, 0.4) is 0 Å². The first-order valence-corrected chi connectivity index (χ1v) is 8.54. The Morgan fingerprint density at radius 3 is 2.11 bits per heavy atom. The first kappa shape index (κ1) is 15.3. The zero-order chi connectivity index (χ0) is 13.9. The Morgan fingerprint density at radius 2 is 1.63 bits per heavy atom. The molecule has 0 aliphatic heterocycles. The van der Waals surface area contributed by atoms with Gasteiger partial charge >= 0.3 is 0 Å². The molecule has 2 aliphatic carbocycles. The number of nitrogens with two attached hydrogens (primary N) is 1. The molecule has 2 fully saturated rings. The highest BCUT2D eigenvalue weighted by Gasteiger charge is 2.40. The number of hydrogen-bond acceptors (Lipinski definition) is 2. The lowest BCUT2D eigenvalue weighted by Crippen LogP contribution is -2.58. The van der Waals surface area contributed by atoms with E-state index in [2.05, 4.69) is 25.8 Å². The van der Waals surface area contributed by atoms with E-state index < -0.39 is 0 Å². The largest absolute Gasteiger partial charge is 0.329 e. The molecule has 0 radical (unpaired) electrons. The molecule has 0 atom stereocenters. The first-order valence-electron chi connectivity index (χ1n) is 8.54. The van der Waals surface area contributed by atoms with Crippen molar-refractivity contribution in [1.29, 1.82) is 0 Å². The topological polar surface area (TPSA) is 29.3 Å². The van der Waals surface area contributed by atoms with Crippen molar-refractivity contribution < 1.29 is 0 Å². The fraction of sp³-hybridized carbons (Fsp3) is 1.00. The molecular weight excluding hydrogens is 232 g/mol. The van der Waals surface area contributed by atoms with Crippen molar-refractivity contribution in [3.05, 3.63) is 0 Å². The van der Waals surface area contributed by atoms with Gasteiger partial charge in [0.2, 0.25) is 0 Å². The van der Waals surface area contributed by atoms with Gasteiger partial charge in [-0.25, -0.2) is 0 Å². The smallest absolute Gasteiger partial charge is 0.0331 e. The molecule has 0 aromatic carbocycles. The number of rotatable bonds is 4. The lowest BCUT2D eigenvalue weighted by atomic mass is 9.73. The Balaban J connectivity index is 1.96. The van der Waals surface area contributed by atoms with Crippen LogP contribution in [0.25, 0.3) is 0 Å². The highest BCUT2D eigenvalue weighted by Crippen LogP contribution is 2.40. The summed E-state index contributed by atoms with van der Waals surface area (Å²) in [4.78, 5) is 2.70. The lowest BCUT2D eigenvalue weighted by molar-refractivity contribution is 0.0123. The van der Waals surface area contributed by atoms with Gasteiger partial charge < -0.3 is 5.73 Å². The van der Waals surface area contributed by atoms with Crippen LogP contribution in [0.1, 0.15) is 71.6 Å². The van der Waals surface area contributed by atoms with Gasteiger partial charge in [0, 0.05) is 18.1 Å². The second-order valence-corrected chi connectivity index (χ2v) is 7.30. The van der Waals surface area contributed by atoms with Crippen molar-refractivity contribution in [2.24, 2.45) is 17.6 Å². The van der Waals surface area contributed by atoms with Crippen LogP contribution >= 0.6 is 0 Å². The molecule has 0 aromatic heterocycles. The fourth-order valence-electron chi connectivity index (χ4n) is 4.34. The molecule has 0 heterocycles. The van der Waals surface area contributed by atoms with E-state index in [1.54, 1.807) is 0 Å². The number of likely N-dealkylation sites (N-methyl/N-ethyl adjacent to an activating group) is 1. The second-order valence-electron chi connectivity index (χ2n) is 7.30. The van der Waals surface area contributed by atoms with E-state index in [1.165, 1.54) is 57.8 Å². The fourth-order valence-corrected chi connectivity index (χ4v) is 4.34. The zero-order valence-electron chi connectivity index (χ0n) is 13.3. The van der Waals surface area contributed by atoms with Crippen LogP contribution in [0.4, 0.5) is 0 Å². The van der Waals surface area contributed by atoms with Crippen molar-refractivity contribution in [1.82, 2.24) is 4.90 Å². The molecule has 2 heteroatoms. The molecule has 0 bridgehead atoms. The summed E-state index contributed by atoms with van der Waals surface area (Å²) in [6.07, 6.45) is 12.4. The van der Waals surface area contributed by atoms with Gasteiger partial charge in [-0.3, -0.25) is 4.90 Å². The average Bonchev–Trinajstić information content (AvgIpc) is 2.47. The Hall–Kier alpha value is -0.0800. The molecule has 0 amide bonds. The summed E-state index contributed by atoms with van der Waals surface area (Å²) in [6, 6.07) is 0.790. The van der Waals surface area contributed by atoms with Gasteiger partial charge in [0.1, 0.15) is 0 Å². The minimum absolute atomic E-state index is 0.316. The average molecular weight is 266 g/mol. The Bertz CT molecular complexity index is 260. The van der Waals surface area contributed by atoms with Crippen LogP contribution in [0, 0.1) is 11.8 Å². The van der Waals surface area contributed by atoms with Gasteiger partial charge in [-0.15, -0.1) is 0 Å². The molecule has 2 N–H and O–H groups in total. The number of nitrogens with zero attached hydrogens (tertiary/aromatic N) is 1. The summed E-state index contributed by atoms with van der Waals surface area (Å²) < 4.78 is 0. The van der Waals surface area contributed by atoms with Crippen molar-refractivity contribution in [2.75, 3.05) is 13.6 Å². The molecule has 2 aliphatic rings. The molecule has 0 unspecified atom stereocenters. The molecule has 2 rings (SSSR count). The van der Waals surface area contributed by atoms with Crippen molar-refractivity contribution in [2.45, 2.75) is 83.2 Å². The summed E-state index contributed by atoms with van der Waals surface area (Å²) in [6.45, 7) is 5.60. The third-order valence-corrected chi connectivity index (χ3v) is 6.27. The van der Waals surface area contributed by atoms with Crippen molar-refractivity contribution >= 4 is 0 Å². The Kier molecular flexibility index (Phi) is 5.30. The van der Waals surface area contributed by atoms with Crippen LogP contribution in [-0.2, 0) is 0 Å². The first-order chi connectivity index (χ1) is 9.11. The predicted octanol–water partition coefficient (Wildman–Crippen LogP) is 3.79. The highest BCUT2D eigenvalue weighted by atomic mass is 15.2. The Labute approximate surface area is 120 Å². The van der Waals surface area contributed by atoms with Crippen LogP contribution in [0.2, 0.25) is 0 Å². The summed E-state index contributed by atoms with van der Waals surface area (Å²) in [5.41, 5.74) is 6.53. The summed E-state index contributed by atoms with van der Waals surface area (Å²) in [5, 5.41) is 0. The maximum Gasteiger partial charge on any atom is 0.0331 e. The molecule has 0 aromatic rings. The second kappa shape index (κ2) is 6.58. The monoisotopic (exact) mass is 266 g/mol. The third-order valence-electron chi connectivity index (χ3n) is 6.27. The van der Waals surface area contributed by atoms with Gasteiger partial charge in [-0.05, 0) is 70.3 Å². The van der Waals surface area contributed by atoms with E-state index in [-0.39, 0.29) is 0 Å². The van der Waals surface area contributed by atoms with E-state index in [9.17, 15) is 0 Å². The summed E-state index contributed by atoms with van der Waals surface area (Å²) in [7, 11) is 2.36. The van der Waals surface area contributed by atoms with E-state index >= 15 is 0 Å². The third kappa shape index (κ3) is 3.33. The maximum absolute atomic E-state index is 6.22. The van der Waals surface area contributed by atoms with E-state index in [0.717, 1.165) is 24.4 Å². The van der Waals surface area contributed by atoms with Gasteiger partial charge in [0.25, 0.3) is 0 Å². The SMILES string of the molecule is CCC1CCC(CN)(N(C)C2CCC(C)CC2)CC1. The van der Waals surface area contributed by atoms with E-state index in [4.69, 9.17) is 5.73 Å². The molecule has 0 spiro atoms. The van der Waals surface area contributed by atoms with Crippen LogP contribution < -0.4 is 5.73 Å². The minimum atomic E-state index is 0.316. The van der Waals surface area contributed by atoms with Gasteiger partial charge in [0.05, 0.1) is 0 Å². The number of hydrogen-bond donors (Lipinski definition) is 1. The molecule has 2 saturated carbocycles. The van der Waals surface area contributed by atoms with E-state index in [1.807, 2.05) is 0 Å². The molecule has 2 nitrogen and oxygen atoms in total. The molecule has 112 valence electrons. The Morgan fingerprint density at radius 1 is 1.05 bits per heavy atom. The molecule has 0 saturated heterocycles. The van der Waals surface area contributed by atoms with Crippen LogP contribution in [-0.4, -0.2) is 30.1 Å². The summed E-state index contributed by atoms with van der Waals surface area (Å²) in [5.74, 6) is 1.90. The normalized spacial score (nSPS) is 40.6. The quantitative estimate of drug-likeness (QED) is 0.838. The van der Waals surface area contributed by atoms with Gasteiger partial charge in [-0.2, -0.15) is 0 Å². The van der Waals surface area contributed by atoms with Crippen LogP contribution in [0.5, 0.6) is 0 Å². The molecule has 19 heavy (non-hydrogen) atoms. The lowest BCUT2D eigenvalue weighted by Gasteiger charge is -2.50. The zero-order valence-corrected chi connectivity index (χ0v) is 13.3. The van der Waals surface area contributed by atoms with Gasteiger partial charge in [0.15, 0.2) is 0 Å². The maximum atomic E-state index is 6.22. The standard InChI is InChI=1S/C17H34N2/c1-4-15-9-11-17(13-18,12-10-15)19(3)16-7-5-14(2)6-8-16/h14-16H,4-13,18H2,1-3H3. The van der Waals surface area contributed by atoms with Crippen molar-refractivity contribution in [3.8, 4) is 0 Å².